The topological polar surface area (TPSA) is 116 Å². The average molecular weight is 416 g/mol. The van der Waals surface area contributed by atoms with E-state index in [0.717, 1.165) is 11.3 Å². The highest BCUT2D eigenvalue weighted by Crippen LogP contribution is 2.24. The number of benzene rings is 2. The molecule has 0 saturated heterocycles. The molecule has 7 nitrogen and oxygen atoms in total. The highest BCUT2D eigenvalue weighted by molar-refractivity contribution is 7.94. The van der Waals surface area contributed by atoms with Crippen LogP contribution in [0.5, 0.6) is 0 Å². The number of amides is 1. The molecule has 0 spiro atoms. The molecule has 1 amide bonds. The Balaban J connectivity index is 1.67. The van der Waals surface area contributed by atoms with Gasteiger partial charge in [0.2, 0.25) is 0 Å². The number of rotatable bonds is 7. The van der Waals surface area contributed by atoms with Gasteiger partial charge < -0.3 is 15.4 Å². The molecule has 144 valence electrons. The lowest BCUT2D eigenvalue weighted by molar-refractivity contribution is 0.0951. The van der Waals surface area contributed by atoms with Crippen molar-refractivity contribution in [1.29, 1.82) is 0 Å². The third-order valence-corrected chi connectivity index (χ3v) is 6.76. The van der Waals surface area contributed by atoms with Crippen LogP contribution in [0.25, 0.3) is 0 Å². The van der Waals surface area contributed by atoms with Crippen molar-refractivity contribution < 1.29 is 23.3 Å². The first-order chi connectivity index (χ1) is 13.3. The number of hydrogen-bond donors (Lipinski definition) is 4. The predicted octanol–water partition coefficient (Wildman–Crippen LogP) is 1.16. The van der Waals surface area contributed by atoms with E-state index in [-0.39, 0.29) is 27.8 Å². The third-order valence-electron chi connectivity index (χ3n) is 3.80. The molecule has 1 heterocycles. The number of sulfonamides is 1. The van der Waals surface area contributed by atoms with E-state index < -0.39 is 17.1 Å². The molecular weight excluding hydrogens is 399 g/mol. The van der Waals surface area contributed by atoms with Gasteiger partial charge in [-0.15, -0.1) is 11.3 Å². The van der Waals surface area contributed by atoms with Crippen molar-refractivity contribution in [3.8, 4) is 0 Å². The number of anilines is 1. The van der Waals surface area contributed by atoms with Gasteiger partial charge in [-0.05, 0) is 41.9 Å². The van der Waals surface area contributed by atoms with Gasteiger partial charge in [-0.3, -0.25) is 9.52 Å². The smallest absolute Gasteiger partial charge is 0.423 e. The highest BCUT2D eigenvalue weighted by atomic mass is 32.2. The zero-order chi connectivity index (χ0) is 20.1. The van der Waals surface area contributed by atoms with Crippen LogP contribution in [0, 0.1) is 0 Å². The summed E-state index contributed by atoms with van der Waals surface area (Å²) in [6, 6.07) is 17.7. The molecule has 0 fully saturated rings. The molecule has 0 aliphatic rings. The van der Waals surface area contributed by atoms with Crippen LogP contribution >= 0.6 is 11.3 Å². The Bertz CT molecular complexity index is 1070. The molecule has 28 heavy (non-hydrogen) atoms. The van der Waals surface area contributed by atoms with Gasteiger partial charge in [-0.1, -0.05) is 30.3 Å². The minimum atomic E-state index is -3.83. The largest absolute Gasteiger partial charge is 0.488 e. The molecule has 0 unspecified atom stereocenters. The first-order valence-corrected chi connectivity index (χ1v) is 10.6. The van der Waals surface area contributed by atoms with Gasteiger partial charge in [0.25, 0.3) is 15.9 Å². The molecule has 1 aromatic heterocycles. The average Bonchev–Trinajstić information content (AvgIpc) is 3.17. The van der Waals surface area contributed by atoms with Crippen LogP contribution in [0.4, 0.5) is 5.69 Å². The van der Waals surface area contributed by atoms with E-state index in [9.17, 15) is 23.3 Å². The van der Waals surface area contributed by atoms with Gasteiger partial charge >= 0.3 is 7.12 Å². The van der Waals surface area contributed by atoms with Crippen molar-refractivity contribution in [2.24, 2.45) is 0 Å². The van der Waals surface area contributed by atoms with Crippen molar-refractivity contribution in [2.75, 3.05) is 4.72 Å². The molecule has 0 atom stereocenters. The lowest BCUT2D eigenvalue weighted by Gasteiger charge is -2.08. The van der Waals surface area contributed by atoms with Crippen molar-refractivity contribution in [1.82, 2.24) is 5.32 Å². The zero-order valence-electron chi connectivity index (χ0n) is 14.6. The number of carbonyl (C=O) groups excluding carboxylic acids is 1. The first kappa shape index (κ1) is 20.1. The van der Waals surface area contributed by atoms with Crippen LogP contribution in [0.15, 0.2) is 70.9 Å². The van der Waals surface area contributed by atoms with Crippen molar-refractivity contribution in [3.05, 3.63) is 77.2 Å². The van der Waals surface area contributed by atoms with Gasteiger partial charge in [0, 0.05) is 16.1 Å². The summed E-state index contributed by atoms with van der Waals surface area (Å²) < 4.78 is 27.6. The lowest BCUT2D eigenvalue weighted by atomic mass is 9.80. The molecule has 10 heteroatoms. The van der Waals surface area contributed by atoms with Crippen LogP contribution in [0.1, 0.15) is 15.2 Å². The fourth-order valence-corrected chi connectivity index (χ4v) is 4.77. The van der Waals surface area contributed by atoms with Crippen LogP contribution in [-0.4, -0.2) is 31.5 Å². The summed E-state index contributed by atoms with van der Waals surface area (Å²) in [5.74, 6) is -0.240. The van der Waals surface area contributed by atoms with E-state index in [1.54, 1.807) is 30.3 Å². The summed E-state index contributed by atoms with van der Waals surface area (Å²) >= 11 is 1.04. The Hall–Kier alpha value is -2.66. The molecular formula is C18H17BN2O5S2. The summed E-state index contributed by atoms with van der Waals surface area (Å²) in [5.41, 5.74) is 0.924. The molecule has 3 rings (SSSR count). The molecule has 0 aliphatic carbocycles. The van der Waals surface area contributed by atoms with Crippen molar-refractivity contribution >= 4 is 45.5 Å². The molecule has 2 aromatic carbocycles. The monoisotopic (exact) mass is 416 g/mol. The SMILES string of the molecule is O=C(NCc1ccc(S(=O)(=O)Nc2cccc(B(O)O)c2)s1)c1ccccc1. The fraction of sp³-hybridized carbons (Fsp3) is 0.0556. The van der Waals surface area contributed by atoms with Crippen molar-refractivity contribution in [3.63, 3.8) is 0 Å². The summed E-state index contributed by atoms with van der Waals surface area (Å²) in [6.07, 6.45) is 0. The number of hydrogen-bond acceptors (Lipinski definition) is 6. The van der Waals surface area contributed by atoms with Crippen LogP contribution in [0.3, 0.4) is 0 Å². The quantitative estimate of drug-likeness (QED) is 0.432. The van der Waals surface area contributed by atoms with Crippen molar-refractivity contribution in [2.45, 2.75) is 10.8 Å². The second kappa shape index (κ2) is 8.57. The van der Waals surface area contributed by atoms with Gasteiger partial charge in [-0.2, -0.15) is 0 Å². The second-order valence-corrected chi connectivity index (χ2v) is 8.95. The Kier molecular flexibility index (Phi) is 6.15. The minimum absolute atomic E-state index is 0.0893. The maximum Gasteiger partial charge on any atom is 0.488 e. The number of nitrogens with one attached hydrogen (secondary N) is 2. The first-order valence-electron chi connectivity index (χ1n) is 8.26. The van der Waals surface area contributed by atoms with Gasteiger partial charge in [0.05, 0.1) is 6.54 Å². The van der Waals surface area contributed by atoms with Crippen LogP contribution in [0.2, 0.25) is 0 Å². The molecule has 0 aliphatic heterocycles. The Labute approximate surface area is 166 Å². The molecule has 0 saturated carbocycles. The van der Waals surface area contributed by atoms with Crippen LogP contribution < -0.4 is 15.5 Å². The Morgan fingerprint density at radius 2 is 1.75 bits per heavy atom. The lowest BCUT2D eigenvalue weighted by Crippen LogP contribution is -2.30. The van der Waals surface area contributed by atoms with E-state index in [2.05, 4.69) is 10.0 Å². The summed E-state index contributed by atoms with van der Waals surface area (Å²) in [5, 5.41) is 21.1. The van der Waals surface area contributed by atoms with Gasteiger partial charge in [-0.25, -0.2) is 8.42 Å². The molecule has 0 bridgehead atoms. The van der Waals surface area contributed by atoms with E-state index in [4.69, 9.17) is 0 Å². The zero-order valence-corrected chi connectivity index (χ0v) is 16.2. The minimum Gasteiger partial charge on any atom is -0.423 e. The van der Waals surface area contributed by atoms with Crippen LogP contribution in [-0.2, 0) is 16.6 Å². The molecule has 4 N–H and O–H groups in total. The Morgan fingerprint density at radius 1 is 1.00 bits per heavy atom. The van der Waals surface area contributed by atoms with E-state index in [1.807, 2.05) is 6.07 Å². The fourth-order valence-electron chi connectivity index (χ4n) is 2.42. The summed E-state index contributed by atoms with van der Waals surface area (Å²) in [7, 11) is -5.52. The van der Waals surface area contributed by atoms with E-state index in [0.29, 0.717) is 10.4 Å². The normalized spacial score (nSPS) is 11.1. The van der Waals surface area contributed by atoms with E-state index in [1.165, 1.54) is 30.3 Å². The number of thiophene rings is 1. The molecule has 0 radical (unpaired) electrons. The Morgan fingerprint density at radius 3 is 2.46 bits per heavy atom. The standard InChI is InChI=1S/C18H17BN2O5S2/c22-18(13-5-2-1-3-6-13)20-12-16-9-10-17(27-16)28(25,26)21-15-8-4-7-14(11-15)19(23)24/h1-11,21,23-24H,12H2,(H,20,22). The van der Waals surface area contributed by atoms with Gasteiger partial charge in [0.1, 0.15) is 4.21 Å². The number of carbonyl (C=O) groups is 1. The maximum absolute atomic E-state index is 12.5. The summed E-state index contributed by atoms with van der Waals surface area (Å²) in [6.45, 7) is 0.208. The molecule has 3 aromatic rings. The highest BCUT2D eigenvalue weighted by Gasteiger charge is 2.19. The summed E-state index contributed by atoms with van der Waals surface area (Å²) in [4.78, 5) is 12.8. The van der Waals surface area contributed by atoms with Gasteiger partial charge in [0.15, 0.2) is 0 Å². The maximum atomic E-state index is 12.5. The third kappa shape index (κ3) is 4.99. The van der Waals surface area contributed by atoms with E-state index >= 15 is 0 Å². The predicted molar refractivity (Wildman–Crippen MR) is 109 cm³/mol. The second-order valence-electron chi connectivity index (χ2n) is 5.87.